The smallest absolute Gasteiger partial charge is 0.0193 e. The van der Waals surface area contributed by atoms with E-state index in [1.165, 1.54) is 28.1 Å². The lowest BCUT2D eigenvalue weighted by molar-refractivity contribution is 1.08. The molecule has 0 unspecified atom stereocenters. The number of hydrogen-bond acceptors (Lipinski definition) is 0. The van der Waals surface area contributed by atoms with Gasteiger partial charge in [0, 0.05) is 17.8 Å². The number of aromatic amines is 1. The molecule has 19 heavy (non-hydrogen) atoms. The highest BCUT2D eigenvalue weighted by Crippen LogP contribution is 2.21. The monoisotopic (exact) mass is 247 g/mol. The van der Waals surface area contributed by atoms with Crippen molar-refractivity contribution in [3.63, 3.8) is 0 Å². The first-order valence-electron chi connectivity index (χ1n) is 6.60. The molecule has 0 aliphatic carbocycles. The number of benzene rings is 2. The summed E-state index contributed by atoms with van der Waals surface area (Å²) in [4.78, 5) is 3.38. The predicted molar refractivity (Wildman–Crippen MR) is 80.2 cm³/mol. The van der Waals surface area contributed by atoms with E-state index in [0.29, 0.717) is 0 Å². The molecule has 1 nitrogen and oxygen atoms in total. The molecule has 0 fully saturated rings. The van der Waals surface area contributed by atoms with Crippen molar-refractivity contribution >= 4 is 0 Å². The van der Waals surface area contributed by atoms with Gasteiger partial charge in [-0.25, -0.2) is 0 Å². The second kappa shape index (κ2) is 5.15. The van der Waals surface area contributed by atoms with E-state index >= 15 is 0 Å². The Bertz CT molecular complexity index is 665. The third-order valence-electron chi connectivity index (χ3n) is 3.32. The van der Waals surface area contributed by atoms with Gasteiger partial charge in [-0.1, -0.05) is 54.6 Å². The molecule has 0 radical (unpaired) electrons. The Hall–Kier alpha value is -2.28. The van der Waals surface area contributed by atoms with Gasteiger partial charge in [-0.05, 0) is 35.7 Å². The Morgan fingerprint density at radius 3 is 2.32 bits per heavy atom. The molecular formula is C18H17N. The zero-order valence-electron chi connectivity index (χ0n) is 11.1. The number of hydrogen-bond donors (Lipinski definition) is 1. The largest absolute Gasteiger partial charge is 0.362 e. The minimum absolute atomic E-state index is 0.953. The molecule has 1 heterocycles. The van der Waals surface area contributed by atoms with E-state index in [1.807, 2.05) is 0 Å². The van der Waals surface area contributed by atoms with Gasteiger partial charge in [0.15, 0.2) is 0 Å². The summed E-state index contributed by atoms with van der Waals surface area (Å²) in [6.45, 7) is 2.09. The zero-order valence-corrected chi connectivity index (χ0v) is 11.1. The third-order valence-corrected chi connectivity index (χ3v) is 3.32. The molecule has 0 atom stereocenters. The highest BCUT2D eigenvalue weighted by atomic mass is 14.7. The molecule has 3 rings (SSSR count). The summed E-state index contributed by atoms with van der Waals surface area (Å²) in [5.41, 5.74) is 6.37. The van der Waals surface area contributed by atoms with Crippen LogP contribution in [0.1, 0.15) is 17.0 Å². The summed E-state index contributed by atoms with van der Waals surface area (Å²) in [5.74, 6) is 0. The number of rotatable bonds is 3. The van der Waals surface area contributed by atoms with Crippen LogP contribution in [0.2, 0.25) is 0 Å². The van der Waals surface area contributed by atoms with Crippen LogP contribution in [0.15, 0.2) is 66.7 Å². The van der Waals surface area contributed by atoms with Crippen molar-refractivity contribution in [2.45, 2.75) is 13.3 Å². The van der Waals surface area contributed by atoms with Gasteiger partial charge < -0.3 is 4.98 Å². The van der Waals surface area contributed by atoms with Crippen LogP contribution in [0, 0.1) is 6.92 Å². The van der Waals surface area contributed by atoms with Crippen molar-refractivity contribution in [3.8, 4) is 11.1 Å². The maximum atomic E-state index is 3.38. The third kappa shape index (κ3) is 2.76. The molecule has 1 aromatic heterocycles. The molecule has 0 spiro atoms. The van der Waals surface area contributed by atoms with Gasteiger partial charge in [0.1, 0.15) is 0 Å². The van der Waals surface area contributed by atoms with Crippen molar-refractivity contribution in [2.24, 2.45) is 0 Å². The van der Waals surface area contributed by atoms with Crippen LogP contribution < -0.4 is 0 Å². The summed E-state index contributed by atoms with van der Waals surface area (Å²) in [7, 11) is 0. The fourth-order valence-electron chi connectivity index (χ4n) is 2.38. The Morgan fingerprint density at radius 2 is 1.58 bits per heavy atom. The standard InChI is InChI=1S/C18H17N/c1-14-10-11-18(19-14)13-15-6-5-9-17(12-15)16-7-3-2-4-8-16/h2-12,19H,13H2,1H3. The van der Waals surface area contributed by atoms with E-state index in [2.05, 4.69) is 78.6 Å². The number of aryl methyl sites for hydroxylation is 1. The van der Waals surface area contributed by atoms with Crippen LogP contribution in [0.25, 0.3) is 11.1 Å². The van der Waals surface area contributed by atoms with Crippen molar-refractivity contribution in [1.29, 1.82) is 0 Å². The van der Waals surface area contributed by atoms with Crippen LogP contribution in [0.3, 0.4) is 0 Å². The van der Waals surface area contributed by atoms with E-state index in [1.54, 1.807) is 0 Å². The predicted octanol–water partition coefficient (Wildman–Crippen LogP) is 4.58. The summed E-state index contributed by atoms with van der Waals surface area (Å²) < 4.78 is 0. The fourth-order valence-corrected chi connectivity index (χ4v) is 2.38. The Labute approximate surface area is 113 Å². The summed E-state index contributed by atoms with van der Waals surface area (Å²) in [6.07, 6.45) is 0.953. The van der Waals surface area contributed by atoms with Gasteiger partial charge in [-0.2, -0.15) is 0 Å². The quantitative estimate of drug-likeness (QED) is 0.697. The van der Waals surface area contributed by atoms with E-state index < -0.39 is 0 Å². The zero-order chi connectivity index (χ0) is 13.1. The topological polar surface area (TPSA) is 15.8 Å². The molecule has 0 amide bonds. The van der Waals surface area contributed by atoms with Gasteiger partial charge in [-0.15, -0.1) is 0 Å². The van der Waals surface area contributed by atoms with Crippen molar-refractivity contribution < 1.29 is 0 Å². The Morgan fingerprint density at radius 1 is 0.789 bits per heavy atom. The fraction of sp³-hybridized carbons (Fsp3) is 0.111. The highest BCUT2D eigenvalue weighted by molar-refractivity contribution is 5.64. The number of aromatic nitrogens is 1. The van der Waals surface area contributed by atoms with Crippen LogP contribution in [-0.4, -0.2) is 4.98 Å². The first-order chi connectivity index (χ1) is 9.31. The lowest BCUT2D eigenvalue weighted by Crippen LogP contribution is -1.89. The normalized spacial score (nSPS) is 10.6. The molecule has 3 aromatic rings. The first-order valence-corrected chi connectivity index (χ1v) is 6.60. The van der Waals surface area contributed by atoms with Gasteiger partial charge in [-0.3, -0.25) is 0 Å². The second-order valence-electron chi connectivity index (χ2n) is 4.91. The van der Waals surface area contributed by atoms with E-state index in [9.17, 15) is 0 Å². The van der Waals surface area contributed by atoms with Crippen molar-refractivity contribution in [1.82, 2.24) is 4.98 Å². The molecule has 1 heteroatoms. The van der Waals surface area contributed by atoms with Gasteiger partial charge >= 0.3 is 0 Å². The minimum atomic E-state index is 0.953. The van der Waals surface area contributed by atoms with Crippen LogP contribution >= 0.6 is 0 Å². The molecule has 2 aromatic carbocycles. The SMILES string of the molecule is Cc1ccc(Cc2cccc(-c3ccccc3)c2)[nH]1. The highest BCUT2D eigenvalue weighted by Gasteiger charge is 2.01. The molecule has 0 aliphatic heterocycles. The average molecular weight is 247 g/mol. The lowest BCUT2D eigenvalue weighted by atomic mass is 10.0. The maximum Gasteiger partial charge on any atom is 0.0193 e. The van der Waals surface area contributed by atoms with E-state index in [0.717, 1.165) is 6.42 Å². The molecule has 94 valence electrons. The molecule has 0 aliphatic rings. The van der Waals surface area contributed by atoms with E-state index in [-0.39, 0.29) is 0 Å². The minimum Gasteiger partial charge on any atom is -0.362 e. The van der Waals surface area contributed by atoms with Crippen molar-refractivity contribution in [2.75, 3.05) is 0 Å². The summed E-state index contributed by atoms with van der Waals surface area (Å²) in [6, 6.07) is 23.5. The summed E-state index contributed by atoms with van der Waals surface area (Å²) in [5, 5.41) is 0. The van der Waals surface area contributed by atoms with Gasteiger partial charge in [0.05, 0.1) is 0 Å². The molecular weight excluding hydrogens is 230 g/mol. The second-order valence-corrected chi connectivity index (χ2v) is 4.91. The first kappa shape index (κ1) is 11.8. The van der Waals surface area contributed by atoms with Crippen LogP contribution in [0.4, 0.5) is 0 Å². The van der Waals surface area contributed by atoms with Gasteiger partial charge in [0.2, 0.25) is 0 Å². The average Bonchev–Trinajstić information content (AvgIpc) is 2.85. The van der Waals surface area contributed by atoms with E-state index in [4.69, 9.17) is 0 Å². The van der Waals surface area contributed by atoms with Gasteiger partial charge in [0.25, 0.3) is 0 Å². The molecule has 1 N–H and O–H groups in total. The van der Waals surface area contributed by atoms with Crippen LogP contribution in [0.5, 0.6) is 0 Å². The molecule has 0 saturated heterocycles. The number of nitrogens with one attached hydrogen (secondary N) is 1. The molecule has 0 bridgehead atoms. The van der Waals surface area contributed by atoms with Crippen LogP contribution in [-0.2, 0) is 6.42 Å². The Kier molecular flexibility index (Phi) is 3.20. The lowest BCUT2D eigenvalue weighted by Gasteiger charge is -2.05. The maximum absolute atomic E-state index is 3.38. The Balaban J connectivity index is 1.88. The summed E-state index contributed by atoms with van der Waals surface area (Å²) >= 11 is 0. The number of H-pyrrole nitrogens is 1. The molecule has 0 saturated carbocycles. The van der Waals surface area contributed by atoms with Crippen molar-refractivity contribution in [3.05, 3.63) is 83.7 Å².